The van der Waals surface area contributed by atoms with E-state index in [9.17, 15) is 8.42 Å². The van der Waals surface area contributed by atoms with Gasteiger partial charge in [0.1, 0.15) is 5.75 Å². The molecule has 2 aliphatic rings. The molecule has 27 heavy (non-hydrogen) atoms. The predicted molar refractivity (Wildman–Crippen MR) is 104 cm³/mol. The summed E-state index contributed by atoms with van der Waals surface area (Å²) >= 11 is 6.35. The first-order valence-electron chi connectivity index (χ1n) is 9.43. The summed E-state index contributed by atoms with van der Waals surface area (Å²) in [4.78, 5) is 0.185. The molecule has 2 aliphatic carbocycles. The van der Waals surface area contributed by atoms with Crippen molar-refractivity contribution >= 4 is 21.6 Å². The van der Waals surface area contributed by atoms with Gasteiger partial charge in [-0.25, -0.2) is 8.42 Å². The van der Waals surface area contributed by atoms with Crippen LogP contribution in [0.4, 0.5) is 0 Å². The van der Waals surface area contributed by atoms with Gasteiger partial charge < -0.3 is 4.74 Å². The molecule has 0 unspecified atom stereocenters. The van der Waals surface area contributed by atoms with Crippen LogP contribution in [0.2, 0.25) is 5.02 Å². The Morgan fingerprint density at radius 1 is 1.22 bits per heavy atom. The SMILES string of the molecule is CN([C@@H]1CCCc2[nH]ncc21)S(=O)(=O)c1ccc(OC2CCCC2)c(Cl)c1. The van der Waals surface area contributed by atoms with Crippen LogP contribution in [-0.2, 0) is 16.4 Å². The fourth-order valence-corrected chi connectivity index (χ4v) is 5.76. The molecule has 2 aromatic rings. The van der Waals surface area contributed by atoms with E-state index >= 15 is 0 Å². The maximum absolute atomic E-state index is 13.2. The third-order valence-electron chi connectivity index (χ3n) is 5.63. The molecule has 1 aromatic heterocycles. The second-order valence-electron chi connectivity index (χ2n) is 7.35. The zero-order valence-electron chi connectivity index (χ0n) is 15.3. The van der Waals surface area contributed by atoms with Crippen LogP contribution in [0.25, 0.3) is 0 Å². The van der Waals surface area contributed by atoms with Crippen LogP contribution < -0.4 is 4.74 Å². The van der Waals surface area contributed by atoms with E-state index in [1.54, 1.807) is 25.4 Å². The molecule has 1 atom stereocenters. The standard InChI is InChI=1S/C19H24ClN3O3S/c1-23(18-8-4-7-17-15(18)12-21-22-17)27(24,25)14-9-10-19(16(20)11-14)26-13-5-2-3-6-13/h9-13,18H,2-8H2,1H3,(H,21,22)/t18-/m1/s1. The Bertz CT molecular complexity index is 922. The third-order valence-corrected chi connectivity index (χ3v) is 7.79. The number of nitrogens with zero attached hydrogens (tertiary/aromatic N) is 2. The second kappa shape index (κ2) is 7.45. The maximum Gasteiger partial charge on any atom is 0.243 e. The smallest absolute Gasteiger partial charge is 0.243 e. The number of ether oxygens (including phenoxy) is 1. The molecule has 6 nitrogen and oxygen atoms in total. The average molecular weight is 410 g/mol. The van der Waals surface area contributed by atoms with Crippen LogP contribution in [0.15, 0.2) is 29.3 Å². The molecule has 0 amide bonds. The molecule has 4 rings (SSSR count). The number of hydrogen-bond donors (Lipinski definition) is 1. The number of aromatic amines is 1. The maximum atomic E-state index is 13.2. The number of benzene rings is 1. The van der Waals surface area contributed by atoms with Crippen molar-refractivity contribution in [2.45, 2.75) is 62.0 Å². The lowest BCUT2D eigenvalue weighted by Gasteiger charge is -2.30. The first-order chi connectivity index (χ1) is 13.0. The Morgan fingerprint density at radius 3 is 2.74 bits per heavy atom. The van der Waals surface area contributed by atoms with Gasteiger partial charge in [0.15, 0.2) is 0 Å². The zero-order chi connectivity index (χ0) is 19.0. The Labute approximate surface area is 164 Å². The summed E-state index contributed by atoms with van der Waals surface area (Å²) in [5.41, 5.74) is 1.98. The lowest BCUT2D eigenvalue weighted by Crippen LogP contribution is -2.33. The first kappa shape index (κ1) is 18.8. The Balaban J connectivity index is 1.57. The number of hydrogen-bond acceptors (Lipinski definition) is 4. The van der Waals surface area contributed by atoms with Crippen molar-refractivity contribution in [3.63, 3.8) is 0 Å². The number of rotatable bonds is 5. The van der Waals surface area contributed by atoms with Gasteiger partial charge in [-0.3, -0.25) is 5.10 Å². The molecule has 1 heterocycles. The first-order valence-corrected chi connectivity index (χ1v) is 11.2. The number of halogens is 1. The predicted octanol–water partition coefficient (Wildman–Crippen LogP) is 4.08. The van der Waals surface area contributed by atoms with Gasteiger partial charge in [0, 0.05) is 18.3 Å². The van der Waals surface area contributed by atoms with Gasteiger partial charge in [-0.2, -0.15) is 9.40 Å². The van der Waals surface area contributed by atoms with Crippen molar-refractivity contribution in [3.8, 4) is 5.75 Å². The highest BCUT2D eigenvalue weighted by molar-refractivity contribution is 7.89. The van der Waals surface area contributed by atoms with Crippen LogP contribution in [0.3, 0.4) is 0 Å². The molecule has 0 saturated heterocycles. The van der Waals surface area contributed by atoms with E-state index in [0.717, 1.165) is 56.2 Å². The van der Waals surface area contributed by atoms with Crippen LogP contribution in [0.5, 0.6) is 5.75 Å². The number of fused-ring (bicyclic) bond motifs is 1. The summed E-state index contributed by atoms with van der Waals surface area (Å²) in [6.07, 6.45) is 8.88. The van der Waals surface area contributed by atoms with Crippen molar-refractivity contribution in [2.75, 3.05) is 7.05 Å². The number of nitrogens with one attached hydrogen (secondary N) is 1. The highest BCUT2D eigenvalue weighted by Crippen LogP contribution is 2.37. The van der Waals surface area contributed by atoms with Crippen LogP contribution in [0, 0.1) is 0 Å². The minimum atomic E-state index is -3.67. The number of H-pyrrole nitrogens is 1. The summed E-state index contributed by atoms with van der Waals surface area (Å²) in [6, 6.07) is 4.54. The lowest BCUT2D eigenvalue weighted by atomic mass is 9.93. The molecule has 0 spiro atoms. The highest BCUT2D eigenvalue weighted by atomic mass is 35.5. The molecular weight excluding hydrogens is 386 g/mol. The van der Waals surface area contributed by atoms with Crippen molar-refractivity contribution in [3.05, 3.63) is 40.7 Å². The second-order valence-corrected chi connectivity index (χ2v) is 9.75. The summed E-state index contributed by atoms with van der Waals surface area (Å²) < 4.78 is 33.7. The van der Waals surface area contributed by atoms with Gasteiger partial charge in [-0.05, 0) is 63.1 Å². The molecule has 0 radical (unpaired) electrons. The van der Waals surface area contributed by atoms with Gasteiger partial charge in [-0.15, -0.1) is 0 Å². The highest BCUT2D eigenvalue weighted by Gasteiger charge is 2.33. The molecule has 0 aliphatic heterocycles. The minimum absolute atomic E-state index is 0.175. The van der Waals surface area contributed by atoms with Crippen LogP contribution in [-0.4, -0.2) is 36.1 Å². The van der Waals surface area contributed by atoms with E-state index in [1.807, 2.05) is 0 Å². The van der Waals surface area contributed by atoms with Crippen molar-refractivity contribution in [1.29, 1.82) is 0 Å². The van der Waals surface area contributed by atoms with E-state index < -0.39 is 10.0 Å². The van der Waals surface area contributed by atoms with E-state index in [-0.39, 0.29) is 17.0 Å². The zero-order valence-corrected chi connectivity index (χ0v) is 16.9. The number of aryl methyl sites for hydroxylation is 1. The Kier molecular flexibility index (Phi) is 5.18. The fraction of sp³-hybridized carbons (Fsp3) is 0.526. The number of aromatic nitrogens is 2. The van der Waals surface area contributed by atoms with Crippen molar-refractivity contribution < 1.29 is 13.2 Å². The van der Waals surface area contributed by atoms with Crippen molar-refractivity contribution in [2.24, 2.45) is 0 Å². The van der Waals surface area contributed by atoms with Crippen LogP contribution >= 0.6 is 11.6 Å². The molecular formula is C19H24ClN3O3S. The molecule has 1 saturated carbocycles. The molecule has 0 bridgehead atoms. The van der Waals surface area contributed by atoms with Crippen LogP contribution in [0.1, 0.15) is 55.8 Å². The summed E-state index contributed by atoms with van der Waals surface area (Å²) in [5, 5.41) is 7.39. The van der Waals surface area contributed by atoms with Gasteiger partial charge in [-0.1, -0.05) is 11.6 Å². The molecule has 1 N–H and O–H groups in total. The summed E-state index contributed by atoms with van der Waals surface area (Å²) in [5.74, 6) is 0.556. The quantitative estimate of drug-likeness (QED) is 0.807. The van der Waals surface area contributed by atoms with E-state index in [1.165, 1.54) is 10.4 Å². The van der Waals surface area contributed by atoms with Gasteiger partial charge in [0.2, 0.25) is 10.0 Å². The topological polar surface area (TPSA) is 75.3 Å². The Morgan fingerprint density at radius 2 is 2.00 bits per heavy atom. The van der Waals surface area contributed by atoms with E-state index in [4.69, 9.17) is 16.3 Å². The van der Waals surface area contributed by atoms with Crippen molar-refractivity contribution in [1.82, 2.24) is 14.5 Å². The van der Waals surface area contributed by atoms with Gasteiger partial charge in [0.05, 0.1) is 28.3 Å². The Hall–Kier alpha value is -1.57. The largest absolute Gasteiger partial charge is 0.489 e. The lowest BCUT2D eigenvalue weighted by molar-refractivity contribution is 0.210. The van der Waals surface area contributed by atoms with E-state index in [0.29, 0.717) is 10.8 Å². The molecule has 1 aromatic carbocycles. The van der Waals surface area contributed by atoms with Gasteiger partial charge in [0.25, 0.3) is 0 Å². The molecule has 146 valence electrons. The normalized spacial score (nSPS) is 20.8. The monoisotopic (exact) mass is 409 g/mol. The molecule has 1 fully saturated rings. The van der Waals surface area contributed by atoms with E-state index in [2.05, 4.69) is 10.2 Å². The summed E-state index contributed by atoms with van der Waals surface area (Å²) in [7, 11) is -2.05. The minimum Gasteiger partial charge on any atom is -0.489 e. The fourth-order valence-electron chi connectivity index (χ4n) is 4.07. The third kappa shape index (κ3) is 3.60. The van der Waals surface area contributed by atoms with Gasteiger partial charge >= 0.3 is 0 Å². The molecule has 8 heteroatoms. The summed E-state index contributed by atoms with van der Waals surface area (Å²) in [6.45, 7) is 0. The average Bonchev–Trinajstić information content (AvgIpc) is 3.33. The number of sulfonamides is 1.